The van der Waals surface area contributed by atoms with Crippen LogP contribution in [0.1, 0.15) is 5.56 Å². The summed E-state index contributed by atoms with van der Waals surface area (Å²) in [4.78, 5) is 46.4. The Labute approximate surface area is 816 Å². The second-order valence-corrected chi connectivity index (χ2v) is 35.6. The van der Waals surface area contributed by atoms with E-state index in [4.69, 9.17) is 29.9 Å². The van der Waals surface area contributed by atoms with Gasteiger partial charge in [-0.1, -0.05) is 291 Å². The molecule has 0 atom stereocenters. The van der Waals surface area contributed by atoms with Gasteiger partial charge in [0.25, 0.3) is 0 Å². The Kier molecular flexibility index (Phi) is 19.6. The zero-order chi connectivity index (χ0) is 93.8. The summed E-state index contributed by atoms with van der Waals surface area (Å²) in [6, 6.07) is 155. The van der Waals surface area contributed by atoms with Gasteiger partial charge in [0.15, 0.2) is 0 Å². The normalized spacial score (nSPS) is 12.0. The molecule has 0 amide bonds. The summed E-state index contributed by atoms with van der Waals surface area (Å²) in [7, 11) is 0. The molecule has 0 saturated carbocycles. The van der Waals surface area contributed by atoms with Crippen molar-refractivity contribution in [3.05, 3.63) is 486 Å². The number of aromatic nitrogens is 11. The van der Waals surface area contributed by atoms with Crippen molar-refractivity contribution >= 4 is 139 Å². The lowest BCUT2D eigenvalue weighted by Crippen LogP contribution is -2.15. The molecule has 0 unspecified atom stereocenters. The van der Waals surface area contributed by atoms with Gasteiger partial charge in [-0.15, -0.1) is 0 Å². The lowest BCUT2D eigenvalue weighted by Gasteiger charge is -2.28. The van der Waals surface area contributed by atoms with Crippen LogP contribution >= 0.6 is 0 Å². The molecular weight excluding hydrogens is 1740 g/mol. The summed E-state index contributed by atoms with van der Waals surface area (Å²) < 4.78 is 7.02. The second-order valence-electron chi connectivity index (χ2n) is 35.6. The van der Waals surface area contributed by atoms with E-state index in [-0.39, 0.29) is 0 Å². The summed E-state index contributed by atoms with van der Waals surface area (Å²) in [6.07, 6.45) is 13.4. The molecule has 0 spiro atoms. The summed E-state index contributed by atoms with van der Waals surface area (Å²) in [6.45, 7) is 0. The molecule has 15 heteroatoms. The summed E-state index contributed by atoms with van der Waals surface area (Å²) in [5, 5.41) is 20.7. The third-order valence-corrected chi connectivity index (χ3v) is 27.7. The standard InChI is InChI=1S/C45H27N5.C43H27N5.C39H25N5/c46-26-29-16-19-33(20-17-29)50-42-14-5-2-10-38(42)44-37-9-1-4-13-41(37)49(43-15-6-3-11-39(43)45(44)50)34-25-32-24-30(18-21-40(32)48-28-34)35-12-7-8-31-27-47-23-22-36(31)35;1-2-14-28(15-3-1)41-31-17-5-10-22-36(31)45-43(46-41)48-38-24-12-7-19-33(38)40-32-18-6-11-23-37(32)47(42(40)34-20-8-13-25-39(34)48)30-26-29-16-4-9-21-35(29)44-27-30;1-2-14-27-26(13-1)31(32-18-9-11-23-40-32)25-42-39(27)43-33-19-6-3-15-28(33)37-29-16-4-7-20-34(29)44(36-22-10-12-24-41-36)38(37)30-17-5-8-21-35(30)43/h1-25,27-28H;1-27H;1-25H. The zero-order valence-electron chi connectivity index (χ0n) is 76.3. The van der Waals surface area contributed by atoms with Gasteiger partial charge in [0, 0.05) is 141 Å². The number of pyridine rings is 6. The van der Waals surface area contributed by atoms with Crippen LogP contribution in [0.15, 0.2) is 480 Å². The third-order valence-electron chi connectivity index (χ3n) is 27.7. The van der Waals surface area contributed by atoms with Crippen LogP contribution in [0.2, 0.25) is 0 Å². The Morgan fingerprint density at radius 1 is 0.239 bits per heavy atom. The van der Waals surface area contributed by atoms with E-state index in [0.717, 1.165) is 207 Å². The summed E-state index contributed by atoms with van der Waals surface area (Å²) in [5.41, 5.74) is 35.9. The Morgan fingerprint density at radius 2 is 0.711 bits per heavy atom. The number of fused-ring (bicyclic) bond motifs is 26. The third kappa shape index (κ3) is 13.4. The number of rotatable bonds is 9. The molecular formula is C127H79N15. The molecule has 13 heterocycles. The first kappa shape index (κ1) is 81.8. The molecule has 3 aliphatic rings. The Bertz CT molecular complexity index is 9610. The van der Waals surface area contributed by atoms with Gasteiger partial charge >= 0.3 is 0 Å². The predicted molar refractivity (Wildman–Crippen MR) is 578 cm³/mol. The van der Waals surface area contributed by atoms with Crippen LogP contribution in [-0.2, 0) is 0 Å². The first-order valence-electron chi connectivity index (χ1n) is 47.5. The molecule has 0 bridgehead atoms. The van der Waals surface area contributed by atoms with Gasteiger partial charge in [0.2, 0.25) is 5.95 Å². The average Bonchev–Trinajstić information content (AvgIpc) is 1.57. The van der Waals surface area contributed by atoms with Gasteiger partial charge in [-0.05, 0) is 167 Å². The van der Waals surface area contributed by atoms with Gasteiger partial charge in [-0.3, -0.25) is 34.3 Å². The van der Waals surface area contributed by atoms with Crippen molar-refractivity contribution in [2.75, 3.05) is 14.7 Å². The van der Waals surface area contributed by atoms with E-state index in [1.54, 1.807) is 0 Å². The van der Waals surface area contributed by atoms with Gasteiger partial charge in [-0.25, -0.2) is 19.9 Å². The largest absolute Gasteiger partial charge is 0.309 e. The highest BCUT2D eigenvalue weighted by molar-refractivity contribution is 6.18. The minimum atomic E-state index is 0.626. The number of hydrogen-bond acceptors (Lipinski definition) is 12. The highest BCUT2D eigenvalue weighted by Crippen LogP contribution is 2.60. The minimum absolute atomic E-state index is 0.626. The molecule has 29 rings (SSSR count). The number of para-hydroxylation sites is 11. The Morgan fingerprint density at radius 3 is 1.34 bits per heavy atom. The van der Waals surface area contributed by atoms with Crippen molar-refractivity contribution in [2.24, 2.45) is 0 Å². The van der Waals surface area contributed by atoms with Crippen LogP contribution in [0.5, 0.6) is 0 Å². The van der Waals surface area contributed by atoms with Crippen molar-refractivity contribution < 1.29 is 0 Å². The molecule has 0 aliphatic carbocycles. The van der Waals surface area contributed by atoms with E-state index in [2.05, 4.69) is 408 Å². The molecule has 10 aromatic heterocycles. The fourth-order valence-electron chi connectivity index (χ4n) is 21.6. The van der Waals surface area contributed by atoms with Gasteiger partial charge in [-0.2, -0.15) is 5.26 Å². The first-order valence-corrected chi connectivity index (χ1v) is 47.5. The van der Waals surface area contributed by atoms with Crippen LogP contribution in [0.4, 0.5) is 51.6 Å². The smallest absolute Gasteiger partial charge is 0.235 e. The van der Waals surface area contributed by atoms with E-state index >= 15 is 0 Å². The second kappa shape index (κ2) is 34.0. The molecule has 0 fully saturated rings. The van der Waals surface area contributed by atoms with Crippen LogP contribution in [0.25, 0.3) is 205 Å². The average molecular weight is 1820 g/mol. The van der Waals surface area contributed by atoms with Crippen LogP contribution in [0.3, 0.4) is 0 Å². The molecule has 3 aliphatic heterocycles. The van der Waals surface area contributed by atoms with Gasteiger partial charge < -0.3 is 14.0 Å². The maximum absolute atomic E-state index is 9.55. The summed E-state index contributed by atoms with van der Waals surface area (Å²) >= 11 is 0. The molecule has 142 heavy (non-hydrogen) atoms. The number of benzene rings is 16. The number of nitriles is 1. The minimum Gasteiger partial charge on any atom is -0.309 e. The van der Waals surface area contributed by atoms with E-state index in [1.807, 2.05) is 116 Å². The van der Waals surface area contributed by atoms with Crippen LogP contribution in [-0.4, -0.2) is 53.6 Å². The van der Waals surface area contributed by atoms with E-state index in [1.165, 1.54) is 43.8 Å². The van der Waals surface area contributed by atoms with E-state index < -0.39 is 0 Å². The molecule has 26 aromatic rings. The van der Waals surface area contributed by atoms with Crippen molar-refractivity contribution in [2.45, 2.75) is 0 Å². The Hall–Kier alpha value is -19.7. The van der Waals surface area contributed by atoms with E-state index in [9.17, 15) is 5.26 Å². The number of hydrogen-bond donors (Lipinski definition) is 0. The molecule has 16 aromatic carbocycles. The zero-order valence-corrected chi connectivity index (χ0v) is 76.3. The highest BCUT2D eigenvalue weighted by Gasteiger charge is 2.38. The number of nitrogens with zero attached hydrogens (tertiary/aromatic N) is 15. The molecule has 662 valence electrons. The summed E-state index contributed by atoms with van der Waals surface area (Å²) in [5.74, 6) is 2.38. The van der Waals surface area contributed by atoms with Crippen molar-refractivity contribution in [1.29, 1.82) is 5.26 Å². The monoisotopic (exact) mass is 1810 g/mol. The Balaban J connectivity index is 0.000000107. The fourth-order valence-corrected chi connectivity index (χ4v) is 21.6. The highest BCUT2D eigenvalue weighted by atomic mass is 15.3. The molecule has 0 radical (unpaired) electrons. The lowest BCUT2D eigenvalue weighted by molar-refractivity contribution is 1.05. The van der Waals surface area contributed by atoms with Gasteiger partial charge in [0.05, 0.1) is 131 Å². The molecule has 0 saturated heterocycles. The van der Waals surface area contributed by atoms with E-state index in [0.29, 0.717) is 11.5 Å². The van der Waals surface area contributed by atoms with Crippen molar-refractivity contribution in [3.8, 4) is 124 Å². The number of anilines is 9. The van der Waals surface area contributed by atoms with Crippen molar-refractivity contribution in [3.63, 3.8) is 0 Å². The lowest BCUT2D eigenvalue weighted by atomic mass is 9.98. The first-order chi connectivity index (χ1) is 70.5. The van der Waals surface area contributed by atoms with Gasteiger partial charge in [0.1, 0.15) is 11.6 Å². The topological polar surface area (TPSA) is 151 Å². The molecule has 15 nitrogen and oxygen atoms in total. The molecule has 0 N–H and O–H groups in total. The quantitative estimate of drug-likeness (QED) is 0.135. The fraction of sp³-hybridized carbons (Fsp3) is 0. The SMILES string of the molecule is N#Cc1ccc(-n2c3c(c4ccccc42)-c2ccccc2N(c2cnc4ccc(-c5cccc6cnccc56)cc4c2)c2ccccc2-3)cc1.c1ccc(-c2cnc(N3c4ccccc4-c4c(n(-c5ccccn5)c5ccccc45)-c4ccccc43)c3ccccc23)nc1.c1ccc(-c2nc(N3c4ccccc4-c4c(n(-c5cnc6ccccc6c5)c5ccccc45)-c4ccccc43)nc3ccccc23)cc1. The van der Waals surface area contributed by atoms with Crippen LogP contribution in [0, 0.1) is 11.3 Å². The maximum Gasteiger partial charge on any atom is 0.235 e. The predicted octanol–water partition coefficient (Wildman–Crippen LogP) is 32.0. The van der Waals surface area contributed by atoms with Crippen LogP contribution < -0.4 is 14.7 Å². The van der Waals surface area contributed by atoms with Crippen molar-refractivity contribution in [1.82, 2.24) is 53.6 Å². The maximum atomic E-state index is 9.55.